The highest BCUT2D eigenvalue weighted by Gasteiger charge is 2.20. The van der Waals surface area contributed by atoms with E-state index in [-0.39, 0.29) is 6.04 Å². The van der Waals surface area contributed by atoms with E-state index >= 15 is 0 Å². The summed E-state index contributed by atoms with van der Waals surface area (Å²) in [6.07, 6.45) is 3.00. The van der Waals surface area contributed by atoms with Crippen molar-refractivity contribution in [2.75, 3.05) is 18.0 Å². The van der Waals surface area contributed by atoms with Crippen molar-refractivity contribution >= 4 is 5.95 Å². The van der Waals surface area contributed by atoms with Gasteiger partial charge in [0.15, 0.2) is 0 Å². The van der Waals surface area contributed by atoms with Crippen molar-refractivity contribution in [1.29, 1.82) is 0 Å². The van der Waals surface area contributed by atoms with Crippen LogP contribution in [0, 0.1) is 13.8 Å². The molecule has 1 aromatic heterocycles. The largest absolute Gasteiger partial charge is 0.338 e. The summed E-state index contributed by atoms with van der Waals surface area (Å²) in [5.41, 5.74) is 9.89. The van der Waals surface area contributed by atoms with E-state index in [9.17, 15) is 0 Å². The van der Waals surface area contributed by atoms with Gasteiger partial charge in [0, 0.05) is 25.6 Å². The molecule has 2 heterocycles. The van der Waals surface area contributed by atoms with Crippen LogP contribution < -0.4 is 10.6 Å². The summed E-state index contributed by atoms with van der Waals surface area (Å²) in [4.78, 5) is 6.82. The van der Waals surface area contributed by atoms with E-state index in [1.165, 1.54) is 16.7 Å². The minimum Gasteiger partial charge on any atom is -0.338 e. The lowest BCUT2D eigenvalue weighted by Crippen LogP contribution is -2.43. The van der Waals surface area contributed by atoms with Gasteiger partial charge in [0.1, 0.15) is 5.82 Å². The third kappa shape index (κ3) is 3.24. The molecule has 3 rings (SSSR count). The average Bonchev–Trinajstić information content (AvgIpc) is 2.91. The molecular weight excluding hydrogens is 262 g/mol. The summed E-state index contributed by atoms with van der Waals surface area (Å²) >= 11 is 0. The fraction of sp³-hybridized carbons (Fsp3) is 0.500. The summed E-state index contributed by atoms with van der Waals surface area (Å²) in [6.45, 7) is 6.09. The van der Waals surface area contributed by atoms with E-state index in [4.69, 9.17) is 5.73 Å². The Labute approximate surface area is 125 Å². The van der Waals surface area contributed by atoms with Gasteiger partial charge in [-0.05, 0) is 37.8 Å². The Hall–Kier alpha value is -1.88. The predicted molar refractivity (Wildman–Crippen MR) is 84.5 cm³/mol. The second-order valence-corrected chi connectivity index (χ2v) is 6.04. The monoisotopic (exact) mass is 285 g/mol. The summed E-state index contributed by atoms with van der Waals surface area (Å²) in [6, 6.07) is 6.75. The van der Waals surface area contributed by atoms with Gasteiger partial charge in [0.05, 0.1) is 0 Å². The first-order chi connectivity index (χ1) is 10.1. The second-order valence-electron chi connectivity index (χ2n) is 6.04. The van der Waals surface area contributed by atoms with Crippen molar-refractivity contribution in [2.24, 2.45) is 5.73 Å². The van der Waals surface area contributed by atoms with Crippen LogP contribution in [0.25, 0.3) is 0 Å². The molecule has 1 aromatic carbocycles. The van der Waals surface area contributed by atoms with Crippen molar-refractivity contribution in [1.82, 2.24) is 15.2 Å². The molecule has 21 heavy (non-hydrogen) atoms. The molecule has 5 heteroatoms. The molecule has 1 aliphatic heterocycles. The Bertz CT molecular complexity index is 619. The van der Waals surface area contributed by atoms with E-state index in [0.29, 0.717) is 0 Å². The Kier molecular flexibility index (Phi) is 3.92. The Morgan fingerprint density at radius 1 is 1.38 bits per heavy atom. The topological polar surface area (TPSA) is 70.8 Å². The molecule has 1 aliphatic rings. The quantitative estimate of drug-likeness (QED) is 0.904. The molecule has 0 bridgehead atoms. The molecule has 1 saturated heterocycles. The number of H-pyrrole nitrogens is 1. The molecule has 5 nitrogen and oxygen atoms in total. The van der Waals surface area contributed by atoms with E-state index < -0.39 is 0 Å². The van der Waals surface area contributed by atoms with E-state index in [2.05, 4.69) is 52.1 Å². The van der Waals surface area contributed by atoms with Crippen LogP contribution in [0.15, 0.2) is 18.2 Å². The molecule has 1 unspecified atom stereocenters. The zero-order valence-corrected chi connectivity index (χ0v) is 12.8. The zero-order chi connectivity index (χ0) is 14.8. The number of aromatic nitrogens is 3. The number of nitrogens with one attached hydrogen (secondary N) is 1. The first-order valence-electron chi connectivity index (χ1n) is 7.60. The summed E-state index contributed by atoms with van der Waals surface area (Å²) in [5, 5.41) is 7.43. The first kappa shape index (κ1) is 14.1. The van der Waals surface area contributed by atoms with Gasteiger partial charge in [0.25, 0.3) is 0 Å². The normalized spacial score (nSPS) is 19.0. The molecule has 3 N–H and O–H groups in total. The van der Waals surface area contributed by atoms with E-state index in [1.54, 1.807) is 0 Å². The fourth-order valence-corrected chi connectivity index (χ4v) is 2.87. The molecule has 0 amide bonds. The van der Waals surface area contributed by atoms with Crippen molar-refractivity contribution in [3.8, 4) is 0 Å². The number of aryl methyl sites for hydroxylation is 2. The molecule has 2 aromatic rings. The van der Waals surface area contributed by atoms with Crippen LogP contribution in [0.3, 0.4) is 0 Å². The van der Waals surface area contributed by atoms with Crippen LogP contribution in [-0.2, 0) is 6.42 Å². The Balaban J connectivity index is 1.74. The maximum absolute atomic E-state index is 6.02. The Morgan fingerprint density at radius 2 is 2.24 bits per heavy atom. The molecule has 0 radical (unpaired) electrons. The molecule has 0 saturated carbocycles. The third-order valence-corrected chi connectivity index (χ3v) is 4.12. The minimum atomic E-state index is 0.236. The Morgan fingerprint density at radius 3 is 3.05 bits per heavy atom. The van der Waals surface area contributed by atoms with Crippen LogP contribution in [0.4, 0.5) is 5.95 Å². The van der Waals surface area contributed by atoms with Gasteiger partial charge in [-0.25, -0.2) is 0 Å². The SMILES string of the molecule is Cc1ccc(C)c(Cc2nc(N3CCCC(N)C3)n[nH]2)c1. The third-order valence-electron chi connectivity index (χ3n) is 4.12. The second kappa shape index (κ2) is 5.85. The number of hydrogen-bond donors (Lipinski definition) is 2. The van der Waals surface area contributed by atoms with Gasteiger partial charge < -0.3 is 10.6 Å². The number of nitrogens with two attached hydrogens (primary N) is 1. The van der Waals surface area contributed by atoms with Crippen LogP contribution in [0.2, 0.25) is 0 Å². The lowest BCUT2D eigenvalue weighted by atomic mass is 10.0. The van der Waals surface area contributed by atoms with Gasteiger partial charge in [-0.2, -0.15) is 4.98 Å². The van der Waals surface area contributed by atoms with Crippen molar-refractivity contribution in [2.45, 2.75) is 39.2 Å². The number of rotatable bonds is 3. The minimum absolute atomic E-state index is 0.236. The lowest BCUT2D eigenvalue weighted by molar-refractivity contribution is 0.500. The molecule has 112 valence electrons. The highest BCUT2D eigenvalue weighted by Crippen LogP contribution is 2.17. The smallest absolute Gasteiger partial charge is 0.244 e. The number of hydrogen-bond acceptors (Lipinski definition) is 4. The molecular formula is C16H23N5. The summed E-state index contributed by atoms with van der Waals surface area (Å²) < 4.78 is 0. The average molecular weight is 285 g/mol. The number of anilines is 1. The van der Waals surface area contributed by atoms with Crippen LogP contribution in [0.5, 0.6) is 0 Å². The van der Waals surface area contributed by atoms with Crippen molar-refractivity contribution in [3.63, 3.8) is 0 Å². The number of piperidine rings is 1. The van der Waals surface area contributed by atoms with Crippen molar-refractivity contribution in [3.05, 3.63) is 40.7 Å². The van der Waals surface area contributed by atoms with E-state index in [1.807, 2.05) is 0 Å². The van der Waals surface area contributed by atoms with Gasteiger partial charge in [-0.1, -0.05) is 23.8 Å². The van der Waals surface area contributed by atoms with Crippen LogP contribution in [-0.4, -0.2) is 34.3 Å². The lowest BCUT2D eigenvalue weighted by Gasteiger charge is -2.29. The maximum atomic E-state index is 6.02. The first-order valence-corrected chi connectivity index (χ1v) is 7.60. The molecule has 1 fully saturated rings. The molecule has 0 spiro atoms. The maximum Gasteiger partial charge on any atom is 0.244 e. The molecule has 0 aliphatic carbocycles. The van der Waals surface area contributed by atoms with Gasteiger partial charge in [-0.3, -0.25) is 5.10 Å². The zero-order valence-electron chi connectivity index (χ0n) is 12.8. The standard InChI is InChI=1S/C16H23N5/c1-11-5-6-12(2)13(8-11)9-15-18-16(20-19-15)21-7-3-4-14(17)10-21/h5-6,8,14H,3-4,7,9-10,17H2,1-2H3,(H,18,19,20). The predicted octanol–water partition coefficient (Wildman–Crippen LogP) is 1.94. The summed E-state index contributed by atoms with van der Waals surface area (Å²) in [7, 11) is 0. The highest BCUT2D eigenvalue weighted by molar-refractivity contribution is 5.35. The van der Waals surface area contributed by atoms with Crippen LogP contribution >= 0.6 is 0 Å². The van der Waals surface area contributed by atoms with Crippen LogP contribution in [0.1, 0.15) is 35.4 Å². The number of aromatic amines is 1. The number of nitrogens with zero attached hydrogens (tertiary/aromatic N) is 3. The van der Waals surface area contributed by atoms with Crippen molar-refractivity contribution < 1.29 is 0 Å². The fourth-order valence-electron chi connectivity index (χ4n) is 2.87. The van der Waals surface area contributed by atoms with Gasteiger partial charge in [0.2, 0.25) is 5.95 Å². The highest BCUT2D eigenvalue weighted by atomic mass is 15.4. The van der Waals surface area contributed by atoms with Gasteiger partial charge >= 0.3 is 0 Å². The summed E-state index contributed by atoms with van der Waals surface area (Å²) in [5.74, 6) is 1.70. The van der Waals surface area contributed by atoms with E-state index in [0.717, 1.165) is 44.1 Å². The van der Waals surface area contributed by atoms with Gasteiger partial charge in [-0.15, -0.1) is 5.10 Å². The number of benzene rings is 1. The molecule has 1 atom stereocenters.